The molecule has 9 heteroatoms. The van der Waals surface area contributed by atoms with E-state index >= 15 is 0 Å². The highest BCUT2D eigenvalue weighted by Gasteiger charge is 2.31. The average molecular weight is 462 g/mol. The van der Waals surface area contributed by atoms with Crippen molar-refractivity contribution in [2.24, 2.45) is 5.92 Å². The predicted octanol–water partition coefficient (Wildman–Crippen LogP) is 3.40. The molecule has 3 rings (SSSR count). The van der Waals surface area contributed by atoms with E-state index in [9.17, 15) is 17.6 Å². The summed E-state index contributed by atoms with van der Waals surface area (Å²) in [7, 11) is -3.62. The van der Waals surface area contributed by atoms with E-state index in [1.54, 1.807) is 23.9 Å². The number of halogens is 1. The van der Waals surface area contributed by atoms with Crippen LogP contribution < -0.4 is 5.32 Å². The molecule has 0 saturated carbocycles. The van der Waals surface area contributed by atoms with Gasteiger partial charge in [0.25, 0.3) is 0 Å². The van der Waals surface area contributed by atoms with Crippen molar-refractivity contribution in [3.8, 4) is 6.07 Å². The molecule has 0 unspecified atom stereocenters. The maximum absolute atomic E-state index is 12.9. The zero-order valence-electron chi connectivity index (χ0n) is 17.0. The number of rotatable bonds is 8. The van der Waals surface area contributed by atoms with Crippen LogP contribution in [0.25, 0.3) is 0 Å². The molecular formula is C22H24FN3O3S2. The summed E-state index contributed by atoms with van der Waals surface area (Å²) >= 11 is 1.61. The first kappa shape index (κ1) is 23.3. The Balaban J connectivity index is 1.39. The number of carbonyl (C=O) groups excluding carboxylic acids is 1. The van der Waals surface area contributed by atoms with Crippen molar-refractivity contribution in [1.82, 2.24) is 9.62 Å². The van der Waals surface area contributed by atoms with Gasteiger partial charge in [0.15, 0.2) is 0 Å². The van der Waals surface area contributed by atoms with Crippen LogP contribution in [-0.4, -0.2) is 44.0 Å². The molecule has 0 bridgehead atoms. The van der Waals surface area contributed by atoms with Crippen molar-refractivity contribution >= 4 is 27.7 Å². The third-order valence-corrected chi connectivity index (χ3v) is 8.16. The molecule has 31 heavy (non-hydrogen) atoms. The fourth-order valence-corrected chi connectivity index (χ4v) is 5.68. The van der Waals surface area contributed by atoms with Gasteiger partial charge in [-0.3, -0.25) is 4.79 Å². The Kier molecular flexibility index (Phi) is 8.07. The molecule has 164 valence electrons. The lowest BCUT2D eigenvalue weighted by Crippen LogP contribution is -2.43. The summed E-state index contributed by atoms with van der Waals surface area (Å²) in [5.74, 6) is 0.319. The summed E-state index contributed by atoms with van der Waals surface area (Å²) in [6.07, 6.45) is 1.75. The Morgan fingerprint density at radius 2 is 1.77 bits per heavy atom. The molecule has 0 radical (unpaired) electrons. The standard InChI is InChI=1S/C22H24FN3O3S2/c23-19-4-6-20(7-5-19)30-15-1-12-25-22(27)18-10-13-26(14-11-18)31(28,29)21-8-2-17(16-24)3-9-21/h2-9,18H,1,10-15H2,(H,25,27). The highest BCUT2D eigenvalue weighted by molar-refractivity contribution is 7.99. The van der Waals surface area contributed by atoms with Crippen LogP contribution in [-0.2, 0) is 14.8 Å². The Labute approximate surface area is 186 Å². The lowest BCUT2D eigenvalue weighted by atomic mass is 9.97. The number of thioether (sulfide) groups is 1. The minimum atomic E-state index is -3.62. The van der Waals surface area contributed by atoms with Crippen LogP contribution in [0.5, 0.6) is 0 Å². The van der Waals surface area contributed by atoms with E-state index in [1.165, 1.54) is 40.7 Å². The van der Waals surface area contributed by atoms with Gasteiger partial charge in [0, 0.05) is 30.4 Å². The summed E-state index contributed by atoms with van der Waals surface area (Å²) in [6.45, 7) is 1.14. The van der Waals surface area contributed by atoms with Crippen molar-refractivity contribution in [2.75, 3.05) is 25.4 Å². The monoisotopic (exact) mass is 461 g/mol. The van der Waals surface area contributed by atoms with Crippen molar-refractivity contribution in [3.63, 3.8) is 0 Å². The minimum absolute atomic E-state index is 0.0396. The fraction of sp³-hybridized carbons (Fsp3) is 0.364. The molecule has 0 atom stereocenters. The quantitative estimate of drug-likeness (QED) is 0.481. The maximum atomic E-state index is 12.9. The number of nitrogens with zero attached hydrogens (tertiary/aromatic N) is 2. The number of sulfonamides is 1. The van der Waals surface area contributed by atoms with Gasteiger partial charge in [0.05, 0.1) is 16.5 Å². The van der Waals surface area contributed by atoms with Gasteiger partial charge in [0.2, 0.25) is 15.9 Å². The van der Waals surface area contributed by atoms with Gasteiger partial charge >= 0.3 is 0 Å². The molecule has 1 amide bonds. The van der Waals surface area contributed by atoms with Gasteiger partial charge in [-0.1, -0.05) is 0 Å². The topological polar surface area (TPSA) is 90.3 Å². The number of carbonyl (C=O) groups is 1. The Morgan fingerprint density at radius 1 is 1.13 bits per heavy atom. The van der Waals surface area contributed by atoms with Crippen molar-refractivity contribution < 1.29 is 17.6 Å². The summed E-state index contributed by atoms with van der Waals surface area (Å²) in [6, 6.07) is 14.2. The Bertz CT molecular complexity index is 1030. The van der Waals surface area contributed by atoms with Crippen LogP contribution in [0.3, 0.4) is 0 Å². The second-order valence-corrected chi connectivity index (χ2v) is 10.4. The fourth-order valence-electron chi connectivity index (χ4n) is 3.36. The van der Waals surface area contributed by atoms with Gasteiger partial charge in [-0.25, -0.2) is 12.8 Å². The van der Waals surface area contributed by atoms with E-state index in [1.807, 2.05) is 6.07 Å². The highest BCUT2D eigenvalue weighted by atomic mass is 32.2. The normalized spacial score (nSPS) is 15.4. The first-order valence-corrected chi connectivity index (χ1v) is 12.5. The minimum Gasteiger partial charge on any atom is -0.356 e. The van der Waals surface area contributed by atoms with Gasteiger partial charge in [-0.2, -0.15) is 9.57 Å². The van der Waals surface area contributed by atoms with Gasteiger partial charge < -0.3 is 5.32 Å². The van der Waals surface area contributed by atoms with Crippen LogP contribution in [0.15, 0.2) is 58.3 Å². The van der Waals surface area contributed by atoms with E-state index in [-0.39, 0.29) is 22.5 Å². The van der Waals surface area contributed by atoms with Gasteiger partial charge in [0.1, 0.15) is 5.82 Å². The summed E-state index contributed by atoms with van der Waals surface area (Å²) in [5.41, 5.74) is 0.408. The van der Waals surface area contributed by atoms with E-state index in [4.69, 9.17) is 5.26 Å². The number of nitriles is 1. The molecule has 1 N–H and O–H groups in total. The van der Waals surface area contributed by atoms with E-state index in [0.717, 1.165) is 17.1 Å². The number of piperidine rings is 1. The highest BCUT2D eigenvalue weighted by Crippen LogP contribution is 2.24. The summed E-state index contributed by atoms with van der Waals surface area (Å²) in [4.78, 5) is 13.6. The molecule has 1 heterocycles. The molecule has 1 saturated heterocycles. The number of nitrogens with one attached hydrogen (secondary N) is 1. The maximum Gasteiger partial charge on any atom is 0.243 e. The second-order valence-electron chi connectivity index (χ2n) is 7.26. The molecule has 2 aromatic rings. The molecule has 0 aromatic heterocycles. The van der Waals surface area contributed by atoms with E-state index in [0.29, 0.717) is 38.0 Å². The Hall–Kier alpha value is -2.41. The van der Waals surface area contributed by atoms with Crippen molar-refractivity contribution in [1.29, 1.82) is 5.26 Å². The van der Waals surface area contributed by atoms with Crippen LogP contribution in [0.2, 0.25) is 0 Å². The number of benzene rings is 2. The van der Waals surface area contributed by atoms with Gasteiger partial charge in [-0.05, 0) is 73.5 Å². The van der Waals surface area contributed by atoms with E-state index in [2.05, 4.69) is 5.32 Å². The summed E-state index contributed by atoms with van der Waals surface area (Å²) in [5, 5.41) is 11.8. The lowest BCUT2D eigenvalue weighted by Gasteiger charge is -2.30. The van der Waals surface area contributed by atoms with Crippen molar-refractivity contribution in [2.45, 2.75) is 29.1 Å². The largest absolute Gasteiger partial charge is 0.356 e. The third kappa shape index (κ3) is 6.29. The zero-order chi connectivity index (χ0) is 22.3. The molecule has 0 spiro atoms. The number of hydrogen-bond acceptors (Lipinski definition) is 5. The number of hydrogen-bond donors (Lipinski definition) is 1. The second kappa shape index (κ2) is 10.8. The van der Waals surface area contributed by atoms with Crippen LogP contribution in [0.4, 0.5) is 4.39 Å². The van der Waals surface area contributed by atoms with E-state index < -0.39 is 10.0 Å². The Morgan fingerprint density at radius 3 is 2.39 bits per heavy atom. The van der Waals surface area contributed by atoms with Gasteiger partial charge in [-0.15, -0.1) is 11.8 Å². The molecule has 0 aliphatic carbocycles. The van der Waals surface area contributed by atoms with Crippen LogP contribution >= 0.6 is 11.8 Å². The average Bonchev–Trinajstić information content (AvgIpc) is 2.80. The zero-order valence-corrected chi connectivity index (χ0v) is 18.6. The molecule has 1 aliphatic rings. The molecule has 2 aromatic carbocycles. The first-order chi connectivity index (χ1) is 14.9. The SMILES string of the molecule is N#Cc1ccc(S(=O)(=O)N2CCC(C(=O)NCCCSc3ccc(F)cc3)CC2)cc1. The van der Waals surface area contributed by atoms with Crippen molar-refractivity contribution in [3.05, 3.63) is 59.9 Å². The molecule has 1 fully saturated rings. The molecular weight excluding hydrogens is 437 g/mol. The number of amides is 1. The first-order valence-electron chi connectivity index (χ1n) is 10.1. The molecule has 1 aliphatic heterocycles. The van der Waals surface area contributed by atoms with Crippen LogP contribution in [0.1, 0.15) is 24.8 Å². The van der Waals surface area contributed by atoms with Crippen LogP contribution in [0, 0.1) is 23.1 Å². The predicted molar refractivity (Wildman–Crippen MR) is 117 cm³/mol. The lowest BCUT2D eigenvalue weighted by molar-refractivity contribution is -0.126. The third-order valence-electron chi connectivity index (χ3n) is 5.15. The molecule has 6 nitrogen and oxygen atoms in total. The smallest absolute Gasteiger partial charge is 0.243 e. The summed E-state index contributed by atoms with van der Waals surface area (Å²) < 4.78 is 39.8.